The molecule has 1 aliphatic heterocycles. The Morgan fingerprint density at radius 1 is 1.04 bits per heavy atom. The first-order valence-electron chi connectivity index (χ1n) is 7.87. The molecule has 0 bridgehead atoms. The molecule has 26 heavy (non-hydrogen) atoms. The predicted octanol–water partition coefficient (Wildman–Crippen LogP) is 2.37. The number of carbonyl (C=O) groups is 1. The van der Waals surface area contributed by atoms with Crippen LogP contribution in [-0.2, 0) is 11.3 Å². The normalized spacial score (nSPS) is 12.5. The molecule has 1 aromatic heterocycles. The Kier molecular flexibility index (Phi) is 4.48. The SMILES string of the molecule is NC(=O)CSc1nnc(CN2c3ccccc3Sc3ccccc32)n1N. The number of hydrogen-bond acceptors (Lipinski definition) is 7. The zero-order chi connectivity index (χ0) is 18.1. The lowest BCUT2D eigenvalue weighted by molar-refractivity contribution is -0.115. The number of nitrogens with two attached hydrogens (primary N) is 2. The summed E-state index contributed by atoms with van der Waals surface area (Å²) in [6, 6.07) is 16.5. The predicted molar refractivity (Wildman–Crippen MR) is 103 cm³/mol. The minimum Gasteiger partial charge on any atom is -0.369 e. The van der Waals surface area contributed by atoms with Gasteiger partial charge in [0.1, 0.15) is 0 Å². The molecular weight excluding hydrogens is 368 g/mol. The molecule has 0 spiro atoms. The number of benzene rings is 2. The first-order chi connectivity index (χ1) is 12.6. The van der Waals surface area contributed by atoms with Crippen LogP contribution in [-0.4, -0.2) is 26.5 Å². The second kappa shape index (κ2) is 6.93. The summed E-state index contributed by atoms with van der Waals surface area (Å²) >= 11 is 2.92. The number of anilines is 2. The molecule has 0 saturated heterocycles. The van der Waals surface area contributed by atoms with E-state index in [4.69, 9.17) is 11.6 Å². The van der Waals surface area contributed by atoms with E-state index in [0.717, 1.165) is 11.4 Å². The van der Waals surface area contributed by atoms with Crippen molar-refractivity contribution in [2.75, 3.05) is 16.5 Å². The van der Waals surface area contributed by atoms with Crippen LogP contribution in [0.4, 0.5) is 11.4 Å². The highest BCUT2D eigenvalue weighted by molar-refractivity contribution is 8.00. The third kappa shape index (κ3) is 3.11. The highest BCUT2D eigenvalue weighted by Gasteiger charge is 2.25. The number of thioether (sulfide) groups is 1. The molecule has 0 saturated carbocycles. The fourth-order valence-corrected chi connectivity index (χ4v) is 4.45. The molecule has 0 unspecified atom stereocenters. The zero-order valence-electron chi connectivity index (χ0n) is 13.7. The molecule has 2 heterocycles. The number of aromatic nitrogens is 3. The van der Waals surface area contributed by atoms with Crippen LogP contribution >= 0.6 is 23.5 Å². The van der Waals surface area contributed by atoms with E-state index in [1.807, 2.05) is 24.3 Å². The van der Waals surface area contributed by atoms with E-state index in [2.05, 4.69) is 39.4 Å². The lowest BCUT2D eigenvalue weighted by Gasteiger charge is -2.32. The number of amides is 1. The molecule has 1 aliphatic rings. The molecule has 7 nitrogen and oxygen atoms in total. The number of nitrogens with zero attached hydrogens (tertiary/aromatic N) is 4. The second-order valence-corrected chi connectivity index (χ2v) is 7.67. The van der Waals surface area contributed by atoms with Gasteiger partial charge in [0.15, 0.2) is 5.82 Å². The number of primary amides is 1. The van der Waals surface area contributed by atoms with Crippen LogP contribution in [0.3, 0.4) is 0 Å². The van der Waals surface area contributed by atoms with Crippen LogP contribution in [0.25, 0.3) is 0 Å². The average molecular weight is 384 g/mol. The van der Waals surface area contributed by atoms with Crippen LogP contribution in [0.1, 0.15) is 5.82 Å². The van der Waals surface area contributed by atoms with Crippen LogP contribution in [0.5, 0.6) is 0 Å². The van der Waals surface area contributed by atoms with Gasteiger partial charge in [0.2, 0.25) is 11.1 Å². The van der Waals surface area contributed by atoms with Crippen molar-refractivity contribution < 1.29 is 4.79 Å². The minimum atomic E-state index is -0.421. The zero-order valence-corrected chi connectivity index (χ0v) is 15.3. The molecule has 1 amide bonds. The maximum absolute atomic E-state index is 11.0. The Labute approximate surface area is 158 Å². The van der Waals surface area contributed by atoms with Crippen molar-refractivity contribution in [3.63, 3.8) is 0 Å². The first kappa shape index (κ1) is 16.8. The van der Waals surface area contributed by atoms with Gasteiger partial charge in [-0.15, -0.1) is 10.2 Å². The van der Waals surface area contributed by atoms with Gasteiger partial charge in [-0.1, -0.05) is 47.8 Å². The average Bonchev–Trinajstić information content (AvgIpc) is 2.99. The van der Waals surface area contributed by atoms with Crippen molar-refractivity contribution in [2.45, 2.75) is 21.5 Å². The Bertz CT molecular complexity index is 928. The molecule has 0 atom stereocenters. The first-order valence-corrected chi connectivity index (χ1v) is 9.67. The number of para-hydroxylation sites is 2. The van der Waals surface area contributed by atoms with Crippen LogP contribution in [0.15, 0.2) is 63.5 Å². The van der Waals surface area contributed by atoms with E-state index in [-0.39, 0.29) is 5.75 Å². The van der Waals surface area contributed by atoms with Crippen molar-refractivity contribution in [1.29, 1.82) is 0 Å². The molecule has 4 N–H and O–H groups in total. The molecule has 0 radical (unpaired) electrons. The summed E-state index contributed by atoms with van der Waals surface area (Å²) in [6.07, 6.45) is 0. The van der Waals surface area contributed by atoms with E-state index in [0.29, 0.717) is 17.5 Å². The lowest BCUT2D eigenvalue weighted by atomic mass is 10.2. The van der Waals surface area contributed by atoms with Crippen molar-refractivity contribution in [2.24, 2.45) is 5.73 Å². The van der Waals surface area contributed by atoms with Crippen LogP contribution < -0.4 is 16.5 Å². The van der Waals surface area contributed by atoms with Crippen molar-refractivity contribution in [3.05, 3.63) is 54.4 Å². The summed E-state index contributed by atoms with van der Waals surface area (Å²) in [6.45, 7) is 0.467. The summed E-state index contributed by atoms with van der Waals surface area (Å²) in [4.78, 5) is 15.5. The van der Waals surface area contributed by atoms with Gasteiger partial charge in [-0.25, -0.2) is 4.68 Å². The van der Waals surface area contributed by atoms with Crippen molar-refractivity contribution in [3.8, 4) is 0 Å². The third-order valence-corrected chi connectivity index (χ3v) is 6.01. The van der Waals surface area contributed by atoms with Gasteiger partial charge in [-0.05, 0) is 24.3 Å². The topological polar surface area (TPSA) is 103 Å². The molecule has 9 heteroatoms. The van der Waals surface area contributed by atoms with Crippen LogP contribution in [0, 0.1) is 0 Å². The molecule has 132 valence electrons. The molecule has 3 aromatic rings. The molecule has 0 aliphatic carbocycles. The quantitative estimate of drug-likeness (QED) is 0.514. The van der Waals surface area contributed by atoms with Crippen LogP contribution in [0.2, 0.25) is 0 Å². The molecule has 2 aromatic carbocycles. The smallest absolute Gasteiger partial charge is 0.227 e. The monoisotopic (exact) mass is 384 g/mol. The summed E-state index contributed by atoms with van der Waals surface area (Å²) in [7, 11) is 0. The van der Waals surface area contributed by atoms with Gasteiger partial charge in [0.25, 0.3) is 0 Å². The van der Waals surface area contributed by atoms with Crippen molar-refractivity contribution >= 4 is 40.8 Å². The van der Waals surface area contributed by atoms with Gasteiger partial charge in [0.05, 0.1) is 23.7 Å². The van der Waals surface area contributed by atoms with Gasteiger partial charge in [0, 0.05) is 9.79 Å². The summed E-state index contributed by atoms with van der Waals surface area (Å²) < 4.78 is 1.42. The fraction of sp³-hybridized carbons (Fsp3) is 0.118. The summed E-state index contributed by atoms with van der Waals surface area (Å²) in [5, 5.41) is 8.74. The summed E-state index contributed by atoms with van der Waals surface area (Å²) in [5.41, 5.74) is 7.39. The number of nitrogen functional groups attached to an aromatic ring is 1. The second-order valence-electron chi connectivity index (χ2n) is 5.65. The number of rotatable bonds is 5. The van der Waals surface area contributed by atoms with E-state index in [9.17, 15) is 4.79 Å². The molecular formula is C17H16N6OS2. The number of carbonyl (C=O) groups excluding carboxylic acids is 1. The van der Waals surface area contributed by atoms with E-state index in [1.165, 1.54) is 26.2 Å². The maximum Gasteiger partial charge on any atom is 0.227 e. The largest absolute Gasteiger partial charge is 0.369 e. The number of hydrogen-bond donors (Lipinski definition) is 2. The Morgan fingerprint density at radius 3 is 2.27 bits per heavy atom. The maximum atomic E-state index is 11.0. The van der Waals surface area contributed by atoms with Gasteiger partial charge < -0.3 is 16.5 Å². The van der Waals surface area contributed by atoms with Gasteiger partial charge in [-0.3, -0.25) is 4.79 Å². The standard InChI is InChI=1S/C17H16N6OS2/c18-15(24)10-25-17-21-20-16(23(17)19)9-22-11-5-1-3-7-13(11)26-14-8-4-2-6-12(14)22/h1-8H,9-10,19H2,(H2,18,24). The highest BCUT2D eigenvalue weighted by Crippen LogP contribution is 2.48. The van der Waals surface area contributed by atoms with E-state index in [1.54, 1.807) is 11.8 Å². The molecule has 4 rings (SSSR count). The van der Waals surface area contributed by atoms with E-state index >= 15 is 0 Å². The van der Waals surface area contributed by atoms with Gasteiger partial charge >= 0.3 is 0 Å². The fourth-order valence-electron chi connectivity index (χ4n) is 2.74. The van der Waals surface area contributed by atoms with E-state index < -0.39 is 5.91 Å². The minimum absolute atomic E-state index is 0.112. The highest BCUT2D eigenvalue weighted by atomic mass is 32.2. The summed E-state index contributed by atoms with van der Waals surface area (Å²) in [5.74, 6) is 6.43. The van der Waals surface area contributed by atoms with Crippen molar-refractivity contribution in [1.82, 2.24) is 14.9 Å². The lowest BCUT2D eigenvalue weighted by Crippen LogP contribution is -2.25. The third-order valence-electron chi connectivity index (χ3n) is 3.91. The Hall–Kier alpha value is -2.65. The Morgan fingerprint density at radius 2 is 1.65 bits per heavy atom. The van der Waals surface area contributed by atoms with Gasteiger partial charge in [-0.2, -0.15) is 0 Å². The molecule has 0 fully saturated rings. The Balaban J connectivity index is 1.68. The number of fused-ring (bicyclic) bond motifs is 2.